The van der Waals surface area contributed by atoms with Crippen LogP contribution in [-0.2, 0) is 22.4 Å². The van der Waals surface area contributed by atoms with Crippen LogP contribution in [0.5, 0.6) is 0 Å². The minimum Gasteiger partial charge on any atom is -0.341 e. The summed E-state index contributed by atoms with van der Waals surface area (Å²) in [5.74, 6) is 0.293. The third-order valence-corrected chi connectivity index (χ3v) is 5.00. The summed E-state index contributed by atoms with van der Waals surface area (Å²) in [6, 6.07) is 17.8. The van der Waals surface area contributed by atoms with Crippen molar-refractivity contribution in [2.75, 3.05) is 26.2 Å². The Kier molecular flexibility index (Phi) is 6.05. The first kappa shape index (κ1) is 18.2. The zero-order chi connectivity index (χ0) is 18.4. The highest BCUT2D eigenvalue weighted by molar-refractivity contribution is 5.80. The topological polar surface area (TPSA) is 40.6 Å². The van der Waals surface area contributed by atoms with E-state index in [9.17, 15) is 9.59 Å². The second kappa shape index (κ2) is 8.65. The molecule has 0 atom stereocenters. The summed E-state index contributed by atoms with van der Waals surface area (Å²) in [5.41, 5.74) is 3.27. The molecule has 0 saturated carbocycles. The zero-order valence-electron chi connectivity index (χ0n) is 15.4. The first-order chi connectivity index (χ1) is 12.6. The molecule has 0 aliphatic carbocycles. The Balaban J connectivity index is 1.55. The van der Waals surface area contributed by atoms with E-state index in [0.29, 0.717) is 25.9 Å². The molecule has 2 amide bonds. The van der Waals surface area contributed by atoms with Crippen LogP contribution in [0.2, 0.25) is 0 Å². The molecule has 4 heteroatoms. The van der Waals surface area contributed by atoms with Crippen molar-refractivity contribution in [3.05, 3.63) is 71.3 Å². The number of amides is 2. The quantitative estimate of drug-likeness (QED) is 0.851. The predicted molar refractivity (Wildman–Crippen MR) is 103 cm³/mol. The van der Waals surface area contributed by atoms with E-state index in [1.54, 1.807) is 0 Å². The van der Waals surface area contributed by atoms with Gasteiger partial charge in [-0.1, -0.05) is 54.6 Å². The lowest BCUT2D eigenvalue weighted by molar-refractivity contribution is -0.132. The average molecular weight is 350 g/mol. The fourth-order valence-corrected chi connectivity index (χ4v) is 3.38. The van der Waals surface area contributed by atoms with Crippen molar-refractivity contribution in [2.45, 2.75) is 26.2 Å². The molecule has 0 radical (unpaired) electrons. The summed E-state index contributed by atoms with van der Waals surface area (Å²) >= 11 is 0. The van der Waals surface area contributed by atoms with Gasteiger partial charge < -0.3 is 9.80 Å². The maximum atomic E-state index is 12.7. The molecule has 0 unspecified atom stereocenters. The van der Waals surface area contributed by atoms with Crippen molar-refractivity contribution in [1.29, 1.82) is 0 Å². The predicted octanol–water partition coefficient (Wildman–Crippen LogP) is 2.84. The molecule has 2 aromatic rings. The maximum Gasteiger partial charge on any atom is 0.227 e. The summed E-state index contributed by atoms with van der Waals surface area (Å²) in [4.78, 5) is 29.0. The lowest BCUT2D eigenvalue weighted by atomic mass is 10.1. The molecular weight excluding hydrogens is 324 g/mol. The van der Waals surface area contributed by atoms with E-state index < -0.39 is 0 Å². The lowest BCUT2D eigenvalue weighted by Crippen LogP contribution is -2.38. The molecule has 1 aliphatic rings. The number of carbonyl (C=O) groups is 2. The lowest BCUT2D eigenvalue weighted by Gasteiger charge is -2.22. The van der Waals surface area contributed by atoms with Crippen LogP contribution in [0.15, 0.2) is 54.6 Å². The van der Waals surface area contributed by atoms with Crippen molar-refractivity contribution in [1.82, 2.24) is 9.80 Å². The number of hydrogen-bond donors (Lipinski definition) is 0. The number of hydrogen-bond acceptors (Lipinski definition) is 2. The van der Waals surface area contributed by atoms with Gasteiger partial charge in [-0.3, -0.25) is 9.59 Å². The number of carbonyl (C=O) groups excluding carboxylic acids is 2. The van der Waals surface area contributed by atoms with Gasteiger partial charge in [0.2, 0.25) is 11.8 Å². The monoisotopic (exact) mass is 350 g/mol. The first-order valence-corrected chi connectivity index (χ1v) is 9.27. The van der Waals surface area contributed by atoms with Gasteiger partial charge >= 0.3 is 0 Å². The number of benzene rings is 2. The van der Waals surface area contributed by atoms with Crippen molar-refractivity contribution in [3.8, 4) is 0 Å². The average Bonchev–Trinajstić information content (AvgIpc) is 2.91. The van der Waals surface area contributed by atoms with Crippen LogP contribution in [0.1, 0.15) is 23.1 Å². The van der Waals surface area contributed by atoms with Crippen LogP contribution >= 0.6 is 0 Å². The minimum absolute atomic E-state index is 0.143. The molecule has 2 aromatic carbocycles. The van der Waals surface area contributed by atoms with Gasteiger partial charge in [-0.2, -0.15) is 0 Å². The second-order valence-electron chi connectivity index (χ2n) is 6.88. The summed E-state index contributed by atoms with van der Waals surface area (Å²) in [5, 5.41) is 0. The molecule has 1 aliphatic heterocycles. The molecule has 26 heavy (non-hydrogen) atoms. The van der Waals surface area contributed by atoms with Crippen LogP contribution in [0.3, 0.4) is 0 Å². The molecule has 1 saturated heterocycles. The SMILES string of the molecule is Cc1ccccc1CC(=O)N1CCCN(C(=O)Cc2ccccc2)CC1. The highest BCUT2D eigenvalue weighted by Crippen LogP contribution is 2.12. The van der Waals surface area contributed by atoms with E-state index in [4.69, 9.17) is 0 Å². The smallest absolute Gasteiger partial charge is 0.227 e. The molecule has 4 nitrogen and oxygen atoms in total. The van der Waals surface area contributed by atoms with Crippen molar-refractivity contribution in [3.63, 3.8) is 0 Å². The largest absolute Gasteiger partial charge is 0.341 e. The van der Waals surface area contributed by atoms with Gasteiger partial charge in [0, 0.05) is 26.2 Å². The Hall–Kier alpha value is -2.62. The van der Waals surface area contributed by atoms with E-state index >= 15 is 0 Å². The molecule has 136 valence electrons. The molecule has 0 spiro atoms. The van der Waals surface area contributed by atoms with Crippen LogP contribution in [0.4, 0.5) is 0 Å². The fraction of sp³-hybridized carbons (Fsp3) is 0.364. The molecule has 0 bridgehead atoms. The number of nitrogens with zero attached hydrogens (tertiary/aromatic N) is 2. The normalized spacial score (nSPS) is 14.8. The Morgan fingerprint density at radius 3 is 2.00 bits per heavy atom. The van der Waals surface area contributed by atoms with Gasteiger partial charge in [0.1, 0.15) is 0 Å². The molecular formula is C22H26N2O2. The van der Waals surface area contributed by atoms with Gasteiger partial charge in [0.15, 0.2) is 0 Å². The summed E-state index contributed by atoms with van der Waals surface area (Å²) < 4.78 is 0. The van der Waals surface area contributed by atoms with E-state index in [1.807, 2.05) is 71.3 Å². The van der Waals surface area contributed by atoms with Crippen LogP contribution in [-0.4, -0.2) is 47.8 Å². The molecule has 1 fully saturated rings. The first-order valence-electron chi connectivity index (χ1n) is 9.27. The van der Waals surface area contributed by atoms with Crippen LogP contribution < -0.4 is 0 Å². The molecule has 0 N–H and O–H groups in total. The number of rotatable bonds is 4. The third kappa shape index (κ3) is 4.72. The Labute approximate surface area is 155 Å². The van der Waals surface area contributed by atoms with Crippen molar-refractivity contribution >= 4 is 11.8 Å². The van der Waals surface area contributed by atoms with E-state index in [2.05, 4.69) is 0 Å². The van der Waals surface area contributed by atoms with E-state index in [-0.39, 0.29) is 11.8 Å². The van der Waals surface area contributed by atoms with Crippen molar-refractivity contribution < 1.29 is 9.59 Å². The van der Waals surface area contributed by atoms with Gasteiger partial charge in [0.05, 0.1) is 12.8 Å². The third-order valence-electron chi connectivity index (χ3n) is 5.00. The summed E-state index contributed by atoms with van der Waals surface area (Å²) in [6.45, 7) is 4.71. The molecule has 0 aromatic heterocycles. The zero-order valence-corrected chi connectivity index (χ0v) is 15.4. The highest BCUT2D eigenvalue weighted by atomic mass is 16.2. The van der Waals surface area contributed by atoms with Gasteiger partial charge in [-0.25, -0.2) is 0 Å². The molecule has 3 rings (SSSR count). The van der Waals surface area contributed by atoms with Crippen molar-refractivity contribution in [2.24, 2.45) is 0 Å². The highest BCUT2D eigenvalue weighted by Gasteiger charge is 2.22. The maximum absolute atomic E-state index is 12.7. The summed E-state index contributed by atoms with van der Waals surface area (Å²) in [7, 11) is 0. The summed E-state index contributed by atoms with van der Waals surface area (Å²) in [6.07, 6.45) is 1.70. The van der Waals surface area contributed by atoms with E-state index in [1.165, 1.54) is 0 Å². The van der Waals surface area contributed by atoms with Crippen LogP contribution in [0.25, 0.3) is 0 Å². The van der Waals surface area contributed by atoms with Crippen LogP contribution in [0, 0.1) is 6.92 Å². The fourth-order valence-electron chi connectivity index (χ4n) is 3.38. The van der Waals surface area contributed by atoms with Gasteiger partial charge in [-0.15, -0.1) is 0 Å². The standard InChI is InChI=1S/C22H26N2O2/c1-18-8-5-6-11-20(18)17-22(26)24-13-7-12-23(14-15-24)21(25)16-19-9-3-2-4-10-19/h2-6,8-11H,7,12-17H2,1H3. The Morgan fingerprint density at radius 2 is 1.35 bits per heavy atom. The molecule has 1 heterocycles. The Morgan fingerprint density at radius 1 is 0.769 bits per heavy atom. The van der Waals surface area contributed by atoms with E-state index in [0.717, 1.165) is 36.2 Å². The van der Waals surface area contributed by atoms with Gasteiger partial charge in [-0.05, 0) is 30.0 Å². The number of aryl methyl sites for hydroxylation is 1. The second-order valence-corrected chi connectivity index (χ2v) is 6.88. The minimum atomic E-state index is 0.143. The van der Waals surface area contributed by atoms with Gasteiger partial charge in [0.25, 0.3) is 0 Å². The Bertz CT molecular complexity index is 758.